The molecule has 0 aromatic heterocycles. The molecule has 1 atom stereocenters. The van der Waals surface area contributed by atoms with Gasteiger partial charge in [0.25, 0.3) is 0 Å². The quantitative estimate of drug-likeness (QED) is 0.631. The number of hydrogen-bond acceptors (Lipinski definition) is 4. The summed E-state index contributed by atoms with van der Waals surface area (Å²) in [6, 6.07) is 9.80. The Balaban J connectivity index is 1.83. The van der Waals surface area contributed by atoms with Crippen LogP contribution in [0.15, 0.2) is 35.5 Å². The summed E-state index contributed by atoms with van der Waals surface area (Å²) in [5.74, 6) is 0. The molecule has 1 fully saturated rings. The predicted octanol–water partition coefficient (Wildman–Crippen LogP) is 3.59. The number of oxime groups is 1. The molecule has 1 aliphatic heterocycles. The lowest BCUT2D eigenvalue weighted by Crippen LogP contribution is -2.40. The smallest absolute Gasteiger partial charge is 0.410 e. The fourth-order valence-corrected chi connectivity index (χ4v) is 2.29. The molecule has 1 amide bonds. The molecule has 5 heteroatoms. The van der Waals surface area contributed by atoms with Crippen molar-refractivity contribution in [2.45, 2.75) is 51.9 Å². The van der Waals surface area contributed by atoms with Gasteiger partial charge in [-0.05, 0) is 39.2 Å². The molecule has 22 heavy (non-hydrogen) atoms. The Morgan fingerprint density at radius 3 is 2.77 bits per heavy atom. The van der Waals surface area contributed by atoms with Crippen molar-refractivity contribution >= 4 is 12.3 Å². The number of amides is 1. The van der Waals surface area contributed by atoms with Crippen LogP contribution in [0, 0.1) is 0 Å². The molecule has 0 radical (unpaired) electrons. The van der Waals surface area contributed by atoms with Crippen molar-refractivity contribution in [1.29, 1.82) is 0 Å². The normalized spacial score (nSPS) is 18.7. The summed E-state index contributed by atoms with van der Waals surface area (Å²) < 4.78 is 5.41. The molecule has 2 rings (SSSR count). The minimum atomic E-state index is -0.481. The van der Waals surface area contributed by atoms with Crippen LogP contribution in [0.2, 0.25) is 0 Å². The van der Waals surface area contributed by atoms with E-state index in [2.05, 4.69) is 5.16 Å². The number of likely N-dealkylation sites (tertiary alicyclic amines) is 1. The molecule has 5 nitrogen and oxygen atoms in total. The predicted molar refractivity (Wildman–Crippen MR) is 85.7 cm³/mol. The fourth-order valence-electron chi connectivity index (χ4n) is 2.29. The van der Waals surface area contributed by atoms with Crippen LogP contribution in [0.4, 0.5) is 4.79 Å². The van der Waals surface area contributed by atoms with Crippen molar-refractivity contribution in [1.82, 2.24) is 4.90 Å². The molecule has 0 aliphatic carbocycles. The van der Waals surface area contributed by atoms with E-state index in [0.29, 0.717) is 13.2 Å². The Bertz CT molecular complexity index is 508. The second-order valence-electron chi connectivity index (χ2n) is 6.40. The third kappa shape index (κ3) is 5.06. The summed E-state index contributed by atoms with van der Waals surface area (Å²) in [5.41, 5.74) is 0.584. The zero-order valence-electron chi connectivity index (χ0n) is 13.5. The van der Waals surface area contributed by atoms with Crippen LogP contribution in [0.3, 0.4) is 0 Å². The van der Waals surface area contributed by atoms with E-state index in [1.807, 2.05) is 51.1 Å². The molecule has 0 N–H and O–H groups in total. The number of benzene rings is 1. The maximum atomic E-state index is 12.1. The number of carbonyl (C=O) groups is 1. The minimum Gasteiger partial charge on any atom is -0.444 e. The lowest BCUT2D eigenvalue weighted by Gasteiger charge is -2.26. The third-order valence-corrected chi connectivity index (χ3v) is 3.31. The van der Waals surface area contributed by atoms with E-state index in [4.69, 9.17) is 9.57 Å². The molecule has 120 valence electrons. The van der Waals surface area contributed by atoms with Crippen molar-refractivity contribution < 1.29 is 14.4 Å². The molecule has 0 spiro atoms. The van der Waals surface area contributed by atoms with Crippen LogP contribution in [-0.2, 0) is 16.2 Å². The molecule has 0 unspecified atom stereocenters. The molecular weight excluding hydrogens is 280 g/mol. The van der Waals surface area contributed by atoms with E-state index in [0.717, 1.165) is 18.4 Å². The average molecular weight is 304 g/mol. The number of nitrogens with zero attached hydrogens (tertiary/aromatic N) is 2. The summed E-state index contributed by atoms with van der Waals surface area (Å²) in [5, 5.41) is 4.00. The first-order valence-corrected chi connectivity index (χ1v) is 7.65. The van der Waals surface area contributed by atoms with E-state index in [9.17, 15) is 4.79 Å². The van der Waals surface area contributed by atoms with Gasteiger partial charge in [0.1, 0.15) is 12.2 Å². The van der Waals surface area contributed by atoms with E-state index >= 15 is 0 Å². The summed E-state index contributed by atoms with van der Waals surface area (Å²) in [7, 11) is 0. The Morgan fingerprint density at radius 1 is 1.36 bits per heavy atom. The first-order chi connectivity index (χ1) is 10.5. The van der Waals surface area contributed by atoms with Gasteiger partial charge in [0.2, 0.25) is 0 Å². The summed E-state index contributed by atoms with van der Waals surface area (Å²) in [4.78, 5) is 19.1. The van der Waals surface area contributed by atoms with Gasteiger partial charge in [-0.3, -0.25) is 0 Å². The third-order valence-electron chi connectivity index (χ3n) is 3.31. The summed E-state index contributed by atoms with van der Waals surface area (Å²) in [6.45, 7) is 6.73. The van der Waals surface area contributed by atoms with Gasteiger partial charge in [-0.2, -0.15) is 0 Å². The molecular formula is C17H24N2O3. The highest BCUT2D eigenvalue weighted by Gasteiger charge is 2.31. The van der Waals surface area contributed by atoms with Crippen LogP contribution in [0.25, 0.3) is 0 Å². The van der Waals surface area contributed by atoms with Crippen molar-refractivity contribution in [2.24, 2.45) is 5.16 Å². The van der Waals surface area contributed by atoms with E-state index < -0.39 is 5.60 Å². The molecule has 1 aliphatic rings. The van der Waals surface area contributed by atoms with Crippen molar-refractivity contribution in [2.75, 3.05) is 6.54 Å². The van der Waals surface area contributed by atoms with Crippen LogP contribution in [-0.4, -0.2) is 35.4 Å². The highest BCUT2D eigenvalue weighted by molar-refractivity contribution is 5.76. The minimum absolute atomic E-state index is 0.0503. The van der Waals surface area contributed by atoms with Gasteiger partial charge in [-0.15, -0.1) is 0 Å². The largest absolute Gasteiger partial charge is 0.444 e. The maximum absolute atomic E-state index is 12.1. The first kappa shape index (κ1) is 16.3. The Kier molecular flexibility index (Phi) is 5.41. The molecule has 0 bridgehead atoms. The Morgan fingerprint density at radius 2 is 2.09 bits per heavy atom. The highest BCUT2D eigenvalue weighted by atomic mass is 16.6. The summed E-state index contributed by atoms with van der Waals surface area (Å²) >= 11 is 0. The van der Waals surface area contributed by atoms with Gasteiger partial charge < -0.3 is 14.5 Å². The van der Waals surface area contributed by atoms with Crippen LogP contribution < -0.4 is 0 Å². The number of rotatable bonds is 4. The van der Waals surface area contributed by atoms with Gasteiger partial charge in [-0.25, -0.2) is 4.79 Å². The fraction of sp³-hybridized carbons (Fsp3) is 0.529. The van der Waals surface area contributed by atoms with Gasteiger partial charge in [0.15, 0.2) is 0 Å². The SMILES string of the molecule is CC(C)(C)OC(=O)N1CCC[C@H]1/C=N/OCc1ccccc1. The molecule has 1 heterocycles. The molecule has 0 saturated carbocycles. The van der Waals surface area contributed by atoms with Gasteiger partial charge >= 0.3 is 6.09 Å². The standard InChI is InChI=1S/C17H24N2O3/c1-17(2,3)22-16(20)19-11-7-10-15(19)12-18-21-13-14-8-5-4-6-9-14/h4-6,8-9,12,15H,7,10-11,13H2,1-3H3/b18-12+/t15-/m0/s1. The Labute approximate surface area is 131 Å². The first-order valence-electron chi connectivity index (χ1n) is 7.65. The average Bonchev–Trinajstić information content (AvgIpc) is 2.91. The monoisotopic (exact) mass is 304 g/mol. The van der Waals surface area contributed by atoms with Gasteiger partial charge in [0, 0.05) is 6.54 Å². The second kappa shape index (κ2) is 7.29. The summed E-state index contributed by atoms with van der Waals surface area (Å²) in [6.07, 6.45) is 3.25. The van der Waals surface area contributed by atoms with Crippen LogP contribution >= 0.6 is 0 Å². The van der Waals surface area contributed by atoms with E-state index in [1.54, 1.807) is 11.1 Å². The van der Waals surface area contributed by atoms with Crippen molar-refractivity contribution in [3.63, 3.8) is 0 Å². The van der Waals surface area contributed by atoms with Crippen LogP contribution in [0.1, 0.15) is 39.2 Å². The van der Waals surface area contributed by atoms with Gasteiger partial charge in [0.05, 0.1) is 12.3 Å². The van der Waals surface area contributed by atoms with E-state index in [1.165, 1.54) is 0 Å². The lowest BCUT2D eigenvalue weighted by molar-refractivity contribution is 0.0265. The van der Waals surface area contributed by atoms with Crippen LogP contribution in [0.5, 0.6) is 0 Å². The number of carbonyl (C=O) groups excluding carboxylic acids is 1. The zero-order valence-corrected chi connectivity index (χ0v) is 13.5. The molecule has 1 saturated heterocycles. The molecule has 1 aromatic rings. The zero-order chi connectivity index (χ0) is 16.0. The topological polar surface area (TPSA) is 51.1 Å². The lowest BCUT2D eigenvalue weighted by atomic mass is 10.2. The highest BCUT2D eigenvalue weighted by Crippen LogP contribution is 2.19. The van der Waals surface area contributed by atoms with Gasteiger partial charge in [-0.1, -0.05) is 35.5 Å². The van der Waals surface area contributed by atoms with Crippen molar-refractivity contribution in [3.8, 4) is 0 Å². The molecule has 1 aromatic carbocycles. The van der Waals surface area contributed by atoms with E-state index in [-0.39, 0.29) is 12.1 Å². The maximum Gasteiger partial charge on any atom is 0.410 e. The Hall–Kier alpha value is -2.04. The second-order valence-corrected chi connectivity index (χ2v) is 6.40. The number of ether oxygens (including phenoxy) is 1. The number of hydrogen-bond donors (Lipinski definition) is 0. The van der Waals surface area contributed by atoms with Crippen molar-refractivity contribution in [3.05, 3.63) is 35.9 Å².